The van der Waals surface area contributed by atoms with Crippen LogP contribution >= 0.6 is 11.6 Å². The molecule has 2 aliphatic carbocycles. The summed E-state index contributed by atoms with van der Waals surface area (Å²) in [6, 6.07) is -0.259. The molecule has 3 N–H and O–H groups in total. The first-order valence-electron chi connectivity index (χ1n) is 11.7. The van der Waals surface area contributed by atoms with E-state index in [0.717, 1.165) is 36.3 Å². The molecule has 1 aliphatic heterocycles. The van der Waals surface area contributed by atoms with Gasteiger partial charge in [-0.1, -0.05) is 57.0 Å². The Morgan fingerprint density at radius 1 is 1.29 bits per heavy atom. The molecule has 0 radical (unpaired) electrons. The summed E-state index contributed by atoms with van der Waals surface area (Å²) in [6.07, 6.45) is 10.2. The first-order valence-corrected chi connectivity index (χ1v) is 12.1. The predicted molar refractivity (Wildman–Crippen MR) is 126 cm³/mol. The third-order valence-electron chi connectivity index (χ3n) is 7.35. The van der Waals surface area contributed by atoms with Gasteiger partial charge in [0.15, 0.2) is 0 Å². The lowest BCUT2D eigenvalue weighted by Gasteiger charge is -2.52. The van der Waals surface area contributed by atoms with E-state index in [1.165, 1.54) is 5.57 Å². The molecule has 174 valence electrons. The molecule has 3 aliphatic rings. The van der Waals surface area contributed by atoms with Crippen LogP contribution in [0.2, 0.25) is 0 Å². The maximum Gasteiger partial charge on any atom is 0.240 e. The monoisotopic (exact) mass is 450 g/mol. The van der Waals surface area contributed by atoms with E-state index in [1.807, 2.05) is 17.1 Å². The van der Waals surface area contributed by atoms with Gasteiger partial charge in [-0.2, -0.15) is 0 Å². The lowest BCUT2D eigenvalue weighted by atomic mass is 9.64. The Hall–Kier alpha value is -1.14. The summed E-state index contributed by atoms with van der Waals surface area (Å²) in [7, 11) is 0. The molecule has 0 spiro atoms. The molecule has 0 aromatic rings. The van der Waals surface area contributed by atoms with Crippen molar-refractivity contribution in [2.24, 2.45) is 11.3 Å². The average molecular weight is 451 g/mol. The van der Waals surface area contributed by atoms with Crippen LogP contribution in [0, 0.1) is 11.3 Å². The minimum atomic E-state index is -0.924. The predicted octanol–water partition coefficient (Wildman–Crippen LogP) is 3.90. The maximum absolute atomic E-state index is 13.5. The van der Waals surface area contributed by atoms with E-state index in [9.17, 15) is 15.0 Å². The third-order valence-corrected chi connectivity index (χ3v) is 7.66. The minimum Gasteiger partial charge on any atom is -0.393 e. The van der Waals surface area contributed by atoms with Crippen molar-refractivity contribution in [1.29, 1.82) is 0 Å². The third kappa shape index (κ3) is 5.44. The second kappa shape index (κ2) is 9.78. The molecule has 1 unspecified atom stereocenters. The van der Waals surface area contributed by atoms with Crippen LogP contribution in [0.1, 0.15) is 66.2 Å². The van der Waals surface area contributed by atoms with Crippen molar-refractivity contribution in [2.45, 2.75) is 84.0 Å². The first-order chi connectivity index (χ1) is 14.5. The fourth-order valence-electron chi connectivity index (χ4n) is 5.14. The van der Waals surface area contributed by atoms with Crippen molar-refractivity contribution in [2.75, 3.05) is 19.6 Å². The zero-order chi connectivity index (χ0) is 22.8. The topological polar surface area (TPSA) is 72.8 Å². The zero-order valence-corrected chi connectivity index (χ0v) is 20.2. The van der Waals surface area contributed by atoms with E-state index >= 15 is 0 Å². The molecule has 0 saturated carbocycles. The molecule has 1 heterocycles. The fraction of sp³-hybridized carbons (Fsp3) is 0.720. The van der Waals surface area contributed by atoms with E-state index < -0.39 is 11.0 Å². The Morgan fingerprint density at radius 2 is 2.03 bits per heavy atom. The van der Waals surface area contributed by atoms with Crippen LogP contribution in [0.25, 0.3) is 0 Å². The molecule has 5 nitrogen and oxygen atoms in total. The minimum absolute atomic E-state index is 0.113. The van der Waals surface area contributed by atoms with Gasteiger partial charge in [-0.3, -0.25) is 4.79 Å². The molecule has 6 heteroatoms. The van der Waals surface area contributed by atoms with Crippen LogP contribution in [-0.4, -0.2) is 58.4 Å². The van der Waals surface area contributed by atoms with Gasteiger partial charge in [-0.25, -0.2) is 0 Å². The van der Waals surface area contributed by atoms with E-state index in [1.54, 1.807) is 0 Å². The highest BCUT2D eigenvalue weighted by atomic mass is 35.5. The van der Waals surface area contributed by atoms with Crippen LogP contribution in [0.4, 0.5) is 0 Å². The highest BCUT2D eigenvalue weighted by Crippen LogP contribution is 2.46. The zero-order valence-electron chi connectivity index (χ0n) is 19.5. The Bertz CT molecular complexity index is 771. The van der Waals surface area contributed by atoms with Crippen molar-refractivity contribution in [3.63, 3.8) is 0 Å². The standard InChI is InChI=1S/C25H39ClN2O3/c1-17(2)22(27-15-18-5-11-21(29)12-6-18)23(30)28-14-13-25(31,24(3,4)16-28)19-7-9-20(26)10-8-19/h5,7,9,17,21-22,27,29,31H,6,8,10-16H2,1-4H3/t21?,22-,25+/m1/s1. The summed E-state index contributed by atoms with van der Waals surface area (Å²) in [4.78, 5) is 15.4. The molecule has 1 amide bonds. The molecular weight excluding hydrogens is 412 g/mol. The number of hydrogen-bond donors (Lipinski definition) is 3. The number of aliphatic hydroxyl groups excluding tert-OH is 1. The average Bonchev–Trinajstić information content (AvgIpc) is 2.71. The summed E-state index contributed by atoms with van der Waals surface area (Å²) < 4.78 is 0. The fourth-order valence-corrected chi connectivity index (χ4v) is 5.30. The second-order valence-corrected chi connectivity index (χ2v) is 10.9. The van der Waals surface area contributed by atoms with Crippen molar-refractivity contribution < 1.29 is 15.0 Å². The van der Waals surface area contributed by atoms with Crippen LogP contribution in [0.3, 0.4) is 0 Å². The van der Waals surface area contributed by atoms with Crippen LogP contribution < -0.4 is 5.32 Å². The smallest absolute Gasteiger partial charge is 0.240 e. The number of rotatable bonds is 6. The van der Waals surface area contributed by atoms with Crippen molar-refractivity contribution in [3.05, 3.63) is 34.4 Å². The summed E-state index contributed by atoms with van der Waals surface area (Å²) >= 11 is 6.12. The number of halogens is 1. The Balaban J connectivity index is 1.67. The molecule has 0 bridgehead atoms. The number of piperidine rings is 1. The van der Waals surface area contributed by atoms with Crippen molar-refractivity contribution in [3.8, 4) is 0 Å². The van der Waals surface area contributed by atoms with E-state index in [4.69, 9.17) is 11.6 Å². The highest BCUT2D eigenvalue weighted by Gasteiger charge is 2.51. The van der Waals surface area contributed by atoms with Gasteiger partial charge in [-0.15, -0.1) is 0 Å². The van der Waals surface area contributed by atoms with Gasteiger partial charge < -0.3 is 20.4 Å². The van der Waals surface area contributed by atoms with Gasteiger partial charge in [0.1, 0.15) is 0 Å². The molecule has 3 atom stereocenters. The summed E-state index contributed by atoms with van der Waals surface area (Å²) in [5.41, 5.74) is 0.923. The molecule has 0 aromatic carbocycles. The Labute approximate surface area is 192 Å². The van der Waals surface area contributed by atoms with E-state index in [-0.39, 0.29) is 24.0 Å². The van der Waals surface area contributed by atoms with Crippen molar-refractivity contribution >= 4 is 17.5 Å². The second-order valence-electron chi connectivity index (χ2n) is 10.5. The summed E-state index contributed by atoms with van der Waals surface area (Å²) in [5, 5.41) is 25.6. The molecule has 0 aromatic heterocycles. The maximum atomic E-state index is 13.5. The normalized spacial score (nSPS) is 29.9. The number of allylic oxidation sites excluding steroid dienone is 3. The van der Waals surface area contributed by atoms with E-state index in [2.05, 4.69) is 39.1 Å². The summed E-state index contributed by atoms with van der Waals surface area (Å²) in [5.74, 6) is 0.279. The number of hydrogen-bond acceptors (Lipinski definition) is 4. The van der Waals surface area contributed by atoms with Crippen molar-refractivity contribution in [1.82, 2.24) is 10.2 Å². The highest BCUT2D eigenvalue weighted by molar-refractivity contribution is 6.29. The number of nitrogens with one attached hydrogen (secondary N) is 1. The van der Waals surface area contributed by atoms with Gasteiger partial charge in [0, 0.05) is 30.1 Å². The lowest BCUT2D eigenvalue weighted by molar-refractivity contribution is -0.147. The van der Waals surface area contributed by atoms with Crippen LogP contribution in [0.5, 0.6) is 0 Å². The molecule has 3 rings (SSSR count). The first kappa shape index (κ1) is 24.5. The van der Waals surface area contributed by atoms with Gasteiger partial charge in [0.2, 0.25) is 5.91 Å². The molecule has 1 saturated heterocycles. The number of amides is 1. The number of carbonyl (C=O) groups is 1. The molecular formula is C25H39ClN2O3. The Morgan fingerprint density at radius 3 is 2.58 bits per heavy atom. The van der Waals surface area contributed by atoms with E-state index in [0.29, 0.717) is 32.5 Å². The molecule has 31 heavy (non-hydrogen) atoms. The van der Waals surface area contributed by atoms with Gasteiger partial charge in [0.25, 0.3) is 0 Å². The quantitative estimate of drug-likeness (QED) is 0.536. The Kier molecular flexibility index (Phi) is 7.73. The summed E-state index contributed by atoms with van der Waals surface area (Å²) in [6.45, 7) is 10.0. The van der Waals surface area contributed by atoms with Crippen LogP contribution in [-0.2, 0) is 4.79 Å². The van der Waals surface area contributed by atoms with Crippen LogP contribution in [0.15, 0.2) is 34.4 Å². The number of likely N-dealkylation sites (tertiary alicyclic amines) is 1. The van der Waals surface area contributed by atoms with Gasteiger partial charge in [-0.05, 0) is 56.1 Å². The number of nitrogens with zero attached hydrogens (tertiary/aromatic N) is 1. The number of carbonyl (C=O) groups excluding carboxylic acids is 1. The van der Waals surface area contributed by atoms with Gasteiger partial charge >= 0.3 is 0 Å². The van der Waals surface area contributed by atoms with Gasteiger partial charge in [0.05, 0.1) is 17.7 Å². The number of aliphatic hydroxyl groups is 2. The SMILES string of the molecule is CC(C)[C@@H](NCC1=CCC(O)CC1)C(=O)N1CC[C@](O)(C2=CC=C(Cl)CC2)C(C)(C)C1. The largest absolute Gasteiger partial charge is 0.393 e. The molecule has 1 fully saturated rings. The lowest BCUT2D eigenvalue weighted by Crippen LogP contribution is -2.62.